The van der Waals surface area contributed by atoms with Gasteiger partial charge in [-0.15, -0.1) is 0 Å². The van der Waals surface area contributed by atoms with Crippen LogP contribution in [0.5, 0.6) is 0 Å². The molecule has 0 radical (unpaired) electrons. The van der Waals surface area contributed by atoms with Gasteiger partial charge in [-0.3, -0.25) is 9.52 Å². The van der Waals surface area contributed by atoms with E-state index in [1.54, 1.807) is 48.5 Å². The maximum Gasteiger partial charge on any atom is 0.236 e. The van der Waals surface area contributed by atoms with Crippen molar-refractivity contribution < 1.29 is 13.2 Å². The van der Waals surface area contributed by atoms with E-state index in [2.05, 4.69) is 4.72 Å². The SMILES string of the molecule is NC(=O)Cc1ccc(NS(=O)(=O)Cc2ccccc2Cl)cc1. The molecule has 7 heteroatoms. The van der Waals surface area contributed by atoms with Crippen LogP contribution in [0.2, 0.25) is 5.02 Å². The molecule has 2 rings (SSSR count). The van der Waals surface area contributed by atoms with Crippen LogP contribution >= 0.6 is 11.6 Å². The van der Waals surface area contributed by atoms with Crippen LogP contribution in [0.4, 0.5) is 5.69 Å². The Bertz CT molecular complexity index is 774. The summed E-state index contributed by atoms with van der Waals surface area (Å²) in [7, 11) is -3.57. The van der Waals surface area contributed by atoms with Gasteiger partial charge in [0.2, 0.25) is 15.9 Å². The number of anilines is 1. The number of rotatable bonds is 6. The molecule has 116 valence electrons. The number of amides is 1. The first kappa shape index (κ1) is 16.3. The summed E-state index contributed by atoms with van der Waals surface area (Å²) >= 11 is 5.97. The number of hydrogen-bond donors (Lipinski definition) is 2. The van der Waals surface area contributed by atoms with Crippen molar-refractivity contribution in [3.8, 4) is 0 Å². The summed E-state index contributed by atoms with van der Waals surface area (Å²) < 4.78 is 26.8. The van der Waals surface area contributed by atoms with Crippen LogP contribution in [-0.2, 0) is 27.0 Å². The predicted octanol–water partition coefficient (Wildman–Crippen LogP) is 2.31. The van der Waals surface area contributed by atoms with Crippen LogP contribution < -0.4 is 10.5 Å². The molecule has 0 unspecified atom stereocenters. The lowest BCUT2D eigenvalue weighted by atomic mass is 10.1. The molecule has 0 bridgehead atoms. The average Bonchev–Trinajstić information content (AvgIpc) is 2.42. The van der Waals surface area contributed by atoms with E-state index in [-0.39, 0.29) is 12.2 Å². The zero-order valence-electron chi connectivity index (χ0n) is 11.6. The number of hydrogen-bond acceptors (Lipinski definition) is 3. The molecular weight excluding hydrogens is 324 g/mol. The average molecular weight is 339 g/mol. The van der Waals surface area contributed by atoms with Crippen LogP contribution in [-0.4, -0.2) is 14.3 Å². The lowest BCUT2D eigenvalue weighted by molar-refractivity contribution is -0.117. The van der Waals surface area contributed by atoms with Gasteiger partial charge in [-0.05, 0) is 29.3 Å². The number of carbonyl (C=O) groups is 1. The molecule has 0 saturated carbocycles. The van der Waals surface area contributed by atoms with E-state index in [1.165, 1.54) is 0 Å². The van der Waals surface area contributed by atoms with E-state index in [1.807, 2.05) is 0 Å². The van der Waals surface area contributed by atoms with Gasteiger partial charge < -0.3 is 5.73 Å². The molecule has 22 heavy (non-hydrogen) atoms. The molecule has 2 aromatic carbocycles. The molecular formula is C15H15ClN2O3S. The maximum atomic E-state index is 12.1. The van der Waals surface area contributed by atoms with Gasteiger partial charge in [-0.2, -0.15) is 0 Å². The second kappa shape index (κ2) is 6.81. The van der Waals surface area contributed by atoms with Crippen LogP contribution in [0.15, 0.2) is 48.5 Å². The highest BCUT2D eigenvalue weighted by Gasteiger charge is 2.13. The number of benzene rings is 2. The van der Waals surface area contributed by atoms with E-state index in [0.717, 1.165) is 5.56 Å². The fourth-order valence-electron chi connectivity index (χ4n) is 1.93. The Labute approximate surface area is 134 Å². The molecule has 0 heterocycles. The lowest BCUT2D eigenvalue weighted by Crippen LogP contribution is -2.16. The van der Waals surface area contributed by atoms with Crippen molar-refractivity contribution in [1.82, 2.24) is 0 Å². The Morgan fingerprint density at radius 2 is 1.73 bits per heavy atom. The summed E-state index contributed by atoms with van der Waals surface area (Å²) in [4.78, 5) is 10.8. The van der Waals surface area contributed by atoms with Crippen molar-refractivity contribution in [2.75, 3.05) is 4.72 Å². The monoisotopic (exact) mass is 338 g/mol. The molecule has 2 aromatic rings. The van der Waals surface area contributed by atoms with Gasteiger partial charge in [-0.25, -0.2) is 8.42 Å². The number of nitrogens with two attached hydrogens (primary N) is 1. The summed E-state index contributed by atoms with van der Waals surface area (Å²) in [5.74, 6) is -0.651. The van der Waals surface area contributed by atoms with Crippen molar-refractivity contribution in [1.29, 1.82) is 0 Å². The highest BCUT2D eigenvalue weighted by Crippen LogP contribution is 2.19. The molecule has 0 spiro atoms. The zero-order chi connectivity index (χ0) is 16.2. The van der Waals surface area contributed by atoms with Crippen molar-refractivity contribution >= 4 is 33.2 Å². The molecule has 1 amide bonds. The van der Waals surface area contributed by atoms with Gasteiger partial charge in [-0.1, -0.05) is 41.9 Å². The number of nitrogens with one attached hydrogen (secondary N) is 1. The minimum Gasteiger partial charge on any atom is -0.369 e. The van der Waals surface area contributed by atoms with Crippen molar-refractivity contribution in [2.45, 2.75) is 12.2 Å². The third-order valence-corrected chi connectivity index (χ3v) is 4.52. The number of primary amides is 1. The lowest BCUT2D eigenvalue weighted by Gasteiger charge is -2.09. The fourth-order valence-corrected chi connectivity index (χ4v) is 3.44. The highest BCUT2D eigenvalue weighted by atomic mass is 35.5. The molecule has 0 aliphatic rings. The van der Waals surface area contributed by atoms with Gasteiger partial charge in [0, 0.05) is 10.7 Å². The van der Waals surface area contributed by atoms with Gasteiger partial charge in [0.1, 0.15) is 0 Å². The largest absolute Gasteiger partial charge is 0.369 e. The molecule has 0 aliphatic heterocycles. The second-order valence-electron chi connectivity index (χ2n) is 4.79. The van der Waals surface area contributed by atoms with Gasteiger partial charge >= 0.3 is 0 Å². The van der Waals surface area contributed by atoms with Crippen LogP contribution in [0.3, 0.4) is 0 Å². The van der Waals surface area contributed by atoms with Crippen molar-refractivity contribution in [2.24, 2.45) is 5.73 Å². The fraction of sp³-hybridized carbons (Fsp3) is 0.133. The first-order valence-corrected chi connectivity index (χ1v) is 8.50. The normalized spacial score (nSPS) is 11.1. The van der Waals surface area contributed by atoms with Crippen LogP contribution in [0.1, 0.15) is 11.1 Å². The predicted molar refractivity (Wildman–Crippen MR) is 87.0 cm³/mol. The van der Waals surface area contributed by atoms with Gasteiger partial charge in [0.05, 0.1) is 12.2 Å². The number of halogens is 1. The standard InChI is InChI=1S/C15H15ClN2O3S/c16-14-4-2-1-3-12(14)10-22(20,21)18-13-7-5-11(6-8-13)9-15(17)19/h1-8,18H,9-10H2,(H2,17,19). The second-order valence-corrected chi connectivity index (χ2v) is 6.92. The van der Waals surface area contributed by atoms with Gasteiger partial charge in [0.15, 0.2) is 0 Å². The van der Waals surface area contributed by atoms with E-state index in [9.17, 15) is 13.2 Å². The molecule has 0 aromatic heterocycles. The minimum absolute atomic E-state index is 0.118. The van der Waals surface area contributed by atoms with E-state index >= 15 is 0 Å². The van der Waals surface area contributed by atoms with Gasteiger partial charge in [0.25, 0.3) is 0 Å². The van der Waals surface area contributed by atoms with E-state index < -0.39 is 15.9 Å². The molecule has 5 nitrogen and oxygen atoms in total. The summed E-state index contributed by atoms with van der Waals surface area (Å²) in [6.07, 6.45) is 0.118. The third kappa shape index (κ3) is 4.75. The first-order valence-electron chi connectivity index (χ1n) is 6.47. The third-order valence-electron chi connectivity index (χ3n) is 2.91. The topological polar surface area (TPSA) is 89.3 Å². The Hall–Kier alpha value is -2.05. The van der Waals surface area contributed by atoms with Crippen molar-refractivity contribution in [3.63, 3.8) is 0 Å². The zero-order valence-corrected chi connectivity index (χ0v) is 13.2. The highest BCUT2D eigenvalue weighted by molar-refractivity contribution is 7.91. The molecule has 0 saturated heterocycles. The minimum atomic E-state index is -3.57. The van der Waals surface area contributed by atoms with E-state index in [0.29, 0.717) is 16.3 Å². The summed E-state index contributed by atoms with van der Waals surface area (Å²) in [6, 6.07) is 13.3. The smallest absolute Gasteiger partial charge is 0.236 e. The Balaban J connectivity index is 2.09. The maximum absolute atomic E-state index is 12.1. The van der Waals surface area contributed by atoms with Crippen LogP contribution in [0, 0.1) is 0 Å². The quantitative estimate of drug-likeness (QED) is 0.847. The van der Waals surface area contributed by atoms with Crippen molar-refractivity contribution in [3.05, 3.63) is 64.7 Å². The van der Waals surface area contributed by atoms with E-state index in [4.69, 9.17) is 17.3 Å². The Morgan fingerprint density at radius 3 is 2.32 bits per heavy atom. The summed E-state index contributed by atoms with van der Waals surface area (Å²) in [6.45, 7) is 0. The van der Waals surface area contributed by atoms with Crippen LogP contribution in [0.25, 0.3) is 0 Å². The molecule has 0 fully saturated rings. The number of carbonyl (C=O) groups excluding carboxylic acids is 1. The molecule has 0 aliphatic carbocycles. The summed E-state index contributed by atoms with van der Waals surface area (Å²) in [5, 5.41) is 0.407. The first-order chi connectivity index (χ1) is 10.4. The number of sulfonamides is 1. The summed E-state index contributed by atoms with van der Waals surface area (Å²) in [5.41, 5.74) is 6.77. The Morgan fingerprint density at radius 1 is 1.09 bits per heavy atom. The molecule has 3 N–H and O–H groups in total. The Kier molecular flexibility index (Phi) is 5.05. The molecule has 0 atom stereocenters.